The molecule has 2 N–H and O–H groups in total. The van der Waals surface area contributed by atoms with Gasteiger partial charge in [0, 0.05) is 48.5 Å². The minimum Gasteiger partial charge on any atom is -0.355 e. The van der Waals surface area contributed by atoms with Crippen molar-refractivity contribution in [2.24, 2.45) is 0 Å². The molecule has 2 unspecified atom stereocenters. The highest BCUT2D eigenvalue weighted by atomic mass is 35.5. The summed E-state index contributed by atoms with van der Waals surface area (Å²) in [7, 11) is -3.58. The molecule has 2 aliphatic heterocycles. The van der Waals surface area contributed by atoms with Gasteiger partial charge in [0.15, 0.2) is 5.65 Å². The molecule has 2 fully saturated rings. The third-order valence-electron chi connectivity index (χ3n) is 7.22. The van der Waals surface area contributed by atoms with Crippen molar-refractivity contribution in [3.8, 4) is 0 Å². The number of likely N-dealkylation sites (tertiary alicyclic amines) is 1. The topological polar surface area (TPSA) is 112 Å². The van der Waals surface area contributed by atoms with Crippen LogP contribution < -0.4 is 14.9 Å². The zero-order valence-electron chi connectivity index (χ0n) is 21.9. The van der Waals surface area contributed by atoms with Crippen LogP contribution in [0.25, 0.3) is 5.65 Å². The molecule has 204 valence electrons. The van der Waals surface area contributed by atoms with Crippen LogP contribution in [0.15, 0.2) is 30.5 Å². The van der Waals surface area contributed by atoms with Crippen molar-refractivity contribution in [3.63, 3.8) is 0 Å². The van der Waals surface area contributed by atoms with E-state index in [0.29, 0.717) is 17.6 Å². The Hall–Kier alpha value is -2.89. The van der Waals surface area contributed by atoms with E-state index in [9.17, 15) is 13.2 Å². The molecule has 0 radical (unpaired) electrons. The first-order valence-corrected chi connectivity index (χ1v) is 15.3. The summed E-state index contributed by atoms with van der Waals surface area (Å²) in [6.45, 7) is 7.55. The van der Waals surface area contributed by atoms with Crippen molar-refractivity contribution < 1.29 is 13.2 Å². The van der Waals surface area contributed by atoms with Crippen molar-refractivity contribution in [1.29, 1.82) is 0 Å². The lowest BCUT2D eigenvalue weighted by molar-refractivity contribution is 0.0607. The summed E-state index contributed by atoms with van der Waals surface area (Å²) in [6, 6.07) is 6.78. The van der Waals surface area contributed by atoms with Crippen LogP contribution >= 0.6 is 11.6 Å². The van der Waals surface area contributed by atoms with Crippen LogP contribution in [0.2, 0.25) is 5.02 Å². The second-order valence-electron chi connectivity index (χ2n) is 10.2. The smallest absolute Gasteiger partial charge is 0.256 e. The minimum atomic E-state index is -3.58. The second-order valence-corrected chi connectivity index (χ2v) is 12.4. The van der Waals surface area contributed by atoms with Crippen molar-refractivity contribution in [2.75, 3.05) is 42.1 Å². The van der Waals surface area contributed by atoms with E-state index < -0.39 is 10.0 Å². The summed E-state index contributed by atoms with van der Waals surface area (Å²) in [5, 5.41) is 8.71. The van der Waals surface area contributed by atoms with Crippen molar-refractivity contribution >= 4 is 44.7 Å². The number of carbonyl (C=O) groups excluding carboxylic acids is 1. The highest BCUT2D eigenvalue weighted by molar-refractivity contribution is 7.92. The van der Waals surface area contributed by atoms with Crippen LogP contribution in [-0.2, 0) is 10.0 Å². The number of hydrogen-bond acceptors (Lipinski definition) is 7. The molecule has 0 bridgehead atoms. The molecular weight excluding hydrogens is 526 g/mol. The van der Waals surface area contributed by atoms with E-state index in [-0.39, 0.29) is 23.2 Å². The number of benzene rings is 1. The molecule has 2 aromatic heterocycles. The fourth-order valence-corrected chi connectivity index (χ4v) is 6.28. The van der Waals surface area contributed by atoms with Crippen LogP contribution in [-0.4, -0.2) is 72.3 Å². The van der Waals surface area contributed by atoms with Gasteiger partial charge in [0.05, 0.1) is 29.2 Å². The second kappa shape index (κ2) is 10.7. The van der Waals surface area contributed by atoms with E-state index in [1.165, 1.54) is 12.1 Å². The Labute approximate surface area is 228 Å². The lowest BCUT2D eigenvalue weighted by Gasteiger charge is -2.35. The Morgan fingerprint density at radius 3 is 2.76 bits per heavy atom. The number of piperidine rings is 1. The third-order valence-corrected chi connectivity index (χ3v) is 8.04. The predicted molar refractivity (Wildman–Crippen MR) is 150 cm³/mol. The SMILES string of the molecule is CCNC1CCN(c2nc3cc(C4CCCCN4C(=O)c4cc(Cl)ccc4NS(C)(=O)=O)nn3cc2C)C1. The largest absolute Gasteiger partial charge is 0.355 e. The van der Waals surface area contributed by atoms with Crippen LogP contribution in [0.4, 0.5) is 11.5 Å². The average Bonchev–Trinajstić information content (AvgIpc) is 3.50. The first-order valence-electron chi connectivity index (χ1n) is 13.1. The van der Waals surface area contributed by atoms with Gasteiger partial charge in [-0.2, -0.15) is 5.10 Å². The lowest BCUT2D eigenvalue weighted by atomic mass is 9.98. The molecule has 0 spiro atoms. The number of anilines is 2. The van der Waals surface area contributed by atoms with Gasteiger partial charge in [-0.25, -0.2) is 17.9 Å². The molecule has 2 aliphatic rings. The highest BCUT2D eigenvalue weighted by Crippen LogP contribution is 2.34. The number of fused-ring (bicyclic) bond motifs is 1. The number of aromatic nitrogens is 3. The van der Waals surface area contributed by atoms with Crippen LogP contribution in [0.1, 0.15) is 60.3 Å². The van der Waals surface area contributed by atoms with Gasteiger partial charge in [-0.15, -0.1) is 0 Å². The van der Waals surface area contributed by atoms with E-state index in [2.05, 4.69) is 28.8 Å². The Balaban J connectivity index is 1.45. The van der Waals surface area contributed by atoms with E-state index >= 15 is 0 Å². The lowest BCUT2D eigenvalue weighted by Crippen LogP contribution is -2.39. The van der Waals surface area contributed by atoms with Crippen molar-refractivity contribution in [3.05, 3.63) is 52.3 Å². The standard InChI is InChI=1S/C26H34ClN7O3S/c1-4-28-19-10-12-32(16-19)25-17(2)15-34-24(29-25)14-22(30-34)23-7-5-6-11-33(23)26(35)20-13-18(27)8-9-21(20)31-38(3,36)37/h8-9,13-15,19,23,28,31H,4-7,10-12,16H2,1-3H3. The quantitative estimate of drug-likeness (QED) is 0.455. The number of aryl methyl sites for hydroxylation is 1. The van der Waals surface area contributed by atoms with Crippen LogP contribution in [0, 0.1) is 6.92 Å². The van der Waals surface area contributed by atoms with Gasteiger partial charge in [-0.3, -0.25) is 9.52 Å². The predicted octanol–water partition coefficient (Wildman–Crippen LogP) is 3.62. The summed E-state index contributed by atoms with van der Waals surface area (Å²) in [6.07, 6.45) is 6.72. The molecular formula is C26H34ClN7O3S. The Morgan fingerprint density at radius 2 is 2.00 bits per heavy atom. The fourth-order valence-electron chi connectivity index (χ4n) is 5.53. The molecule has 1 amide bonds. The Morgan fingerprint density at radius 1 is 1.18 bits per heavy atom. The number of nitrogens with zero attached hydrogens (tertiary/aromatic N) is 5. The molecule has 4 heterocycles. The van der Waals surface area contributed by atoms with Gasteiger partial charge < -0.3 is 15.1 Å². The average molecular weight is 560 g/mol. The number of rotatable bonds is 7. The first kappa shape index (κ1) is 26.7. The zero-order chi connectivity index (χ0) is 27.0. The summed E-state index contributed by atoms with van der Waals surface area (Å²) in [4.78, 5) is 22.9. The van der Waals surface area contributed by atoms with E-state index in [1.54, 1.807) is 15.5 Å². The zero-order valence-corrected chi connectivity index (χ0v) is 23.5. The Bertz CT molecular complexity index is 1460. The molecule has 0 aliphatic carbocycles. The van der Waals surface area contributed by atoms with Crippen LogP contribution in [0.3, 0.4) is 0 Å². The number of nitrogens with one attached hydrogen (secondary N) is 2. The number of halogens is 1. The molecule has 2 atom stereocenters. The van der Waals surface area contributed by atoms with Gasteiger partial charge in [0.1, 0.15) is 5.82 Å². The van der Waals surface area contributed by atoms with E-state index in [4.69, 9.17) is 21.7 Å². The first-order chi connectivity index (χ1) is 18.1. The maximum Gasteiger partial charge on any atom is 0.256 e. The van der Waals surface area contributed by atoms with Crippen LogP contribution in [0.5, 0.6) is 0 Å². The number of hydrogen-bond donors (Lipinski definition) is 2. The third kappa shape index (κ3) is 5.60. The van der Waals surface area contributed by atoms with Crippen molar-refractivity contribution in [1.82, 2.24) is 24.8 Å². The molecule has 5 rings (SSSR count). The molecule has 10 nitrogen and oxygen atoms in total. The highest BCUT2D eigenvalue weighted by Gasteiger charge is 2.32. The summed E-state index contributed by atoms with van der Waals surface area (Å²) < 4.78 is 28.1. The van der Waals surface area contributed by atoms with Gasteiger partial charge in [0.2, 0.25) is 10.0 Å². The molecule has 0 saturated carbocycles. The van der Waals surface area contributed by atoms with Gasteiger partial charge in [-0.1, -0.05) is 18.5 Å². The molecule has 12 heteroatoms. The summed E-state index contributed by atoms with van der Waals surface area (Å²) >= 11 is 6.21. The maximum absolute atomic E-state index is 13.8. The Kier molecular flexibility index (Phi) is 7.52. The number of likely N-dealkylation sites (N-methyl/N-ethyl adjacent to an activating group) is 1. The van der Waals surface area contributed by atoms with E-state index in [0.717, 1.165) is 74.3 Å². The number of amides is 1. The fraction of sp³-hybridized carbons (Fsp3) is 0.500. The summed E-state index contributed by atoms with van der Waals surface area (Å²) in [5.41, 5.74) is 3.00. The monoisotopic (exact) mass is 559 g/mol. The van der Waals surface area contributed by atoms with Crippen molar-refractivity contribution in [2.45, 2.75) is 51.6 Å². The molecule has 3 aromatic rings. The molecule has 38 heavy (non-hydrogen) atoms. The van der Waals surface area contributed by atoms with Gasteiger partial charge >= 0.3 is 0 Å². The number of carbonyl (C=O) groups is 1. The summed E-state index contributed by atoms with van der Waals surface area (Å²) in [5.74, 6) is 0.688. The van der Waals surface area contributed by atoms with Gasteiger partial charge in [0.25, 0.3) is 5.91 Å². The maximum atomic E-state index is 13.8. The normalized spacial score (nSPS) is 20.3. The molecule has 1 aromatic carbocycles. The molecule has 2 saturated heterocycles. The minimum absolute atomic E-state index is 0.213. The van der Waals surface area contributed by atoms with E-state index in [1.807, 2.05) is 12.3 Å². The van der Waals surface area contributed by atoms with Gasteiger partial charge in [-0.05, 0) is 57.4 Å². The number of sulfonamides is 1.